The lowest BCUT2D eigenvalue weighted by Crippen LogP contribution is -2.20. The van der Waals surface area contributed by atoms with Gasteiger partial charge in [0, 0.05) is 4.47 Å². The van der Waals surface area contributed by atoms with E-state index < -0.39 is 6.04 Å². The van der Waals surface area contributed by atoms with Gasteiger partial charge in [-0.2, -0.15) is 0 Å². The van der Waals surface area contributed by atoms with Gasteiger partial charge in [0.15, 0.2) is 0 Å². The molecule has 0 N–H and O–H groups in total. The van der Waals surface area contributed by atoms with Crippen LogP contribution >= 0.6 is 27.5 Å². The highest BCUT2D eigenvalue weighted by atomic mass is 79.9. The lowest BCUT2D eigenvalue weighted by atomic mass is 10.2. The molecule has 0 fully saturated rings. The first-order chi connectivity index (χ1) is 8.95. The van der Waals surface area contributed by atoms with Gasteiger partial charge in [0.2, 0.25) is 0 Å². The lowest BCUT2D eigenvalue weighted by Gasteiger charge is -2.16. The monoisotopic (exact) mass is 344 g/mol. The third kappa shape index (κ3) is 2.62. The smallest absolute Gasteiger partial charge is 0.328 e. The summed E-state index contributed by atoms with van der Waals surface area (Å²) in [5.74, 6) is 0.338. The normalized spacial score (nSPS) is 14.4. The molecule has 6 heteroatoms. The molecular formula is C13H14BrClN2O2. The zero-order valence-electron chi connectivity index (χ0n) is 10.9. The predicted octanol–water partition coefficient (Wildman–Crippen LogP) is 3.83. The van der Waals surface area contributed by atoms with Crippen LogP contribution in [0.4, 0.5) is 0 Å². The molecule has 1 aromatic heterocycles. The summed E-state index contributed by atoms with van der Waals surface area (Å²) in [6.45, 7) is 3.61. The molecule has 19 heavy (non-hydrogen) atoms. The van der Waals surface area contributed by atoms with Crippen molar-refractivity contribution in [1.82, 2.24) is 9.55 Å². The number of carbonyl (C=O) groups is 1. The second kappa shape index (κ2) is 5.51. The Labute approximate surface area is 124 Å². The Balaban J connectivity index is 2.70. The quantitative estimate of drug-likeness (QED) is 0.627. The third-order valence-corrected chi connectivity index (χ3v) is 3.65. The number of halogens is 2. The minimum atomic E-state index is -0.472. The van der Waals surface area contributed by atoms with Crippen LogP contribution < -0.4 is 0 Å². The van der Waals surface area contributed by atoms with Gasteiger partial charge in [-0.25, -0.2) is 9.78 Å². The van der Waals surface area contributed by atoms with Crippen molar-refractivity contribution in [3.05, 3.63) is 28.5 Å². The van der Waals surface area contributed by atoms with E-state index in [9.17, 15) is 4.79 Å². The molecule has 2 aromatic rings. The van der Waals surface area contributed by atoms with Crippen LogP contribution in [0.3, 0.4) is 0 Å². The summed E-state index contributed by atoms with van der Waals surface area (Å²) in [6, 6.07) is 5.25. The van der Waals surface area contributed by atoms with E-state index in [1.54, 1.807) is 6.92 Å². The van der Waals surface area contributed by atoms with Gasteiger partial charge in [0.1, 0.15) is 11.9 Å². The maximum atomic E-state index is 11.8. The minimum Gasteiger partial charge on any atom is -0.467 e. The number of aromatic nitrogens is 2. The minimum absolute atomic E-state index is 0.293. The number of carbonyl (C=O) groups excluding carboxylic acids is 1. The van der Waals surface area contributed by atoms with Crippen molar-refractivity contribution in [1.29, 1.82) is 0 Å². The van der Waals surface area contributed by atoms with Crippen LogP contribution in [0.25, 0.3) is 11.0 Å². The number of rotatable bonds is 3. The molecule has 2 atom stereocenters. The number of fused-ring (bicyclic) bond motifs is 1. The second-order valence-corrected chi connectivity index (χ2v) is 5.86. The first-order valence-corrected chi connectivity index (χ1v) is 7.08. The van der Waals surface area contributed by atoms with Gasteiger partial charge in [-0.3, -0.25) is 0 Å². The standard InChI is InChI=1S/C13H14BrClN2O2/c1-7(15)12-16-10-5-4-9(14)6-11(10)17(12)8(2)13(18)19-3/h4-8H,1-3H3. The molecule has 102 valence electrons. The first-order valence-electron chi connectivity index (χ1n) is 5.85. The SMILES string of the molecule is COC(=O)C(C)n1c(C(C)Cl)nc2ccc(Br)cc21. The molecule has 0 spiro atoms. The third-order valence-electron chi connectivity index (χ3n) is 2.96. The van der Waals surface area contributed by atoms with Gasteiger partial charge in [-0.15, -0.1) is 11.6 Å². The van der Waals surface area contributed by atoms with Crippen LogP contribution in [0.2, 0.25) is 0 Å². The number of benzene rings is 1. The zero-order valence-corrected chi connectivity index (χ0v) is 13.2. The van der Waals surface area contributed by atoms with Crippen molar-refractivity contribution in [3.8, 4) is 0 Å². The highest BCUT2D eigenvalue weighted by molar-refractivity contribution is 9.10. The number of esters is 1. The molecule has 1 aromatic carbocycles. The van der Waals surface area contributed by atoms with Crippen molar-refractivity contribution < 1.29 is 9.53 Å². The zero-order chi connectivity index (χ0) is 14.2. The van der Waals surface area contributed by atoms with E-state index in [4.69, 9.17) is 16.3 Å². The average molecular weight is 346 g/mol. The average Bonchev–Trinajstić information content (AvgIpc) is 2.75. The summed E-state index contributed by atoms with van der Waals surface area (Å²) in [6.07, 6.45) is 0. The summed E-state index contributed by atoms with van der Waals surface area (Å²) in [4.78, 5) is 16.3. The Morgan fingerprint density at radius 1 is 1.47 bits per heavy atom. The largest absolute Gasteiger partial charge is 0.467 e. The Morgan fingerprint density at radius 3 is 2.74 bits per heavy atom. The number of alkyl halides is 1. The van der Waals surface area contributed by atoms with E-state index in [1.807, 2.05) is 29.7 Å². The van der Waals surface area contributed by atoms with E-state index in [-0.39, 0.29) is 11.3 Å². The fourth-order valence-corrected chi connectivity index (χ4v) is 2.55. The van der Waals surface area contributed by atoms with E-state index in [0.717, 1.165) is 15.5 Å². The maximum Gasteiger partial charge on any atom is 0.328 e. The molecule has 0 amide bonds. The van der Waals surface area contributed by atoms with E-state index in [0.29, 0.717) is 5.82 Å². The van der Waals surface area contributed by atoms with Gasteiger partial charge >= 0.3 is 5.97 Å². The second-order valence-electron chi connectivity index (χ2n) is 4.29. The highest BCUT2D eigenvalue weighted by Crippen LogP contribution is 2.30. The van der Waals surface area contributed by atoms with Gasteiger partial charge in [0.05, 0.1) is 23.5 Å². The van der Waals surface area contributed by atoms with Crippen molar-refractivity contribution >= 4 is 44.5 Å². The van der Waals surface area contributed by atoms with Gasteiger partial charge in [-0.05, 0) is 32.0 Å². The van der Waals surface area contributed by atoms with Crippen molar-refractivity contribution in [2.24, 2.45) is 0 Å². The predicted molar refractivity (Wildman–Crippen MR) is 78.4 cm³/mol. The van der Waals surface area contributed by atoms with Crippen LogP contribution in [0, 0.1) is 0 Å². The molecule has 2 rings (SSSR count). The molecular weight excluding hydrogens is 332 g/mol. The molecule has 0 aliphatic carbocycles. The van der Waals surface area contributed by atoms with Gasteiger partial charge < -0.3 is 9.30 Å². The number of methoxy groups -OCH3 is 1. The van der Waals surface area contributed by atoms with Crippen LogP contribution in [0.15, 0.2) is 22.7 Å². The Bertz CT molecular complexity index is 624. The summed E-state index contributed by atoms with van der Waals surface area (Å²) in [5.41, 5.74) is 1.66. The number of nitrogens with zero attached hydrogens (tertiary/aromatic N) is 2. The summed E-state index contributed by atoms with van der Waals surface area (Å²) >= 11 is 9.59. The van der Waals surface area contributed by atoms with Crippen LogP contribution in [0.5, 0.6) is 0 Å². The highest BCUT2D eigenvalue weighted by Gasteiger charge is 2.24. The number of imidazole rings is 1. The number of hydrogen-bond donors (Lipinski definition) is 0. The first kappa shape index (κ1) is 14.3. The van der Waals surface area contributed by atoms with Crippen LogP contribution in [0.1, 0.15) is 31.1 Å². The lowest BCUT2D eigenvalue weighted by molar-refractivity contribution is -0.143. The topological polar surface area (TPSA) is 44.1 Å². The van der Waals surface area contributed by atoms with Crippen molar-refractivity contribution in [3.63, 3.8) is 0 Å². The molecule has 2 unspecified atom stereocenters. The molecule has 0 aliphatic heterocycles. The Morgan fingerprint density at radius 2 is 2.16 bits per heavy atom. The number of hydrogen-bond acceptors (Lipinski definition) is 3. The van der Waals surface area contributed by atoms with Crippen molar-refractivity contribution in [2.45, 2.75) is 25.3 Å². The number of ether oxygens (including phenoxy) is 1. The Hall–Kier alpha value is -1.07. The molecule has 0 bridgehead atoms. The summed E-state index contributed by atoms with van der Waals surface area (Å²) in [5, 5.41) is -0.293. The molecule has 0 saturated carbocycles. The maximum absolute atomic E-state index is 11.8. The van der Waals surface area contributed by atoms with E-state index in [2.05, 4.69) is 20.9 Å². The molecule has 0 radical (unpaired) electrons. The van der Waals surface area contributed by atoms with Crippen LogP contribution in [-0.2, 0) is 9.53 Å². The Kier molecular flexibility index (Phi) is 4.16. The summed E-state index contributed by atoms with van der Waals surface area (Å²) in [7, 11) is 1.37. The molecule has 0 saturated heterocycles. The van der Waals surface area contributed by atoms with Gasteiger partial charge in [0.25, 0.3) is 0 Å². The molecule has 4 nitrogen and oxygen atoms in total. The van der Waals surface area contributed by atoms with Crippen LogP contribution in [-0.4, -0.2) is 22.6 Å². The van der Waals surface area contributed by atoms with Gasteiger partial charge in [-0.1, -0.05) is 15.9 Å². The molecule has 0 aliphatic rings. The van der Waals surface area contributed by atoms with E-state index >= 15 is 0 Å². The van der Waals surface area contributed by atoms with Crippen molar-refractivity contribution in [2.75, 3.05) is 7.11 Å². The fourth-order valence-electron chi connectivity index (χ4n) is 2.05. The summed E-state index contributed by atoms with van der Waals surface area (Å²) < 4.78 is 7.55. The fraction of sp³-hybridized carbons (Fsp3) is 0.385. The van der Waals surface area contributed by atoms with E-state index in [1.165, 1.54) is 7.11 Å². The molecule has 1 heterocycles.